The first-order valence-corrected chi connectivity index (χ1v) is 8.93. The molecular weight excluding hydrogens is 384 g/mol. The van der Waals surface area contributed by atoms with Crippen LogP contribution in [0.1, 0.15) is 34.6 Å². The van der Waals surface area contributed by atoms with Crippen molar-refractivity contribution >= 4 is 41.6 Å². The molecule has 0 amide bonds. The molecule has 1 fully saturated rings. The van der Waals surface area contributed by atoms with Crippen LogP contribution in [0.4, 0.5) is 0 Å². The normalized spacial score (nSPS) is 25.1. The quantitative estimate of drug-likeness (QED) is 0.428. The van der Waals surface area contributed by atoms with Crippen molar-refractivity contribution in [2.45, 2.75) is 63.6 Å². The van der Waals surface area contributed by atoms with Crippen molar-refractivity contribution in [3.05, 3.63) is 0 Å². The van der Waals surface area contributed by atoms with Gasteiger partial charge in [0.05, 0.1) is 5.25 Å². The second-order valence-electron chi connectivity index (χ2n) is 5.68. The van der Waals surface area contributed by atoms with E-state index in [9.17, 15) is 24.0 Å². The molecule has 0 aromatic heterocycles. The van der Waals surface area contributed by atoms with E-state index < -0.39 is 58.8 Å². The molecule has 0 aromatic carbocycles. The van der Waals surface area contributed by atoms with Crippen molar-refractivity contribution in [3.63, 3.8) is 0 Å². The molecule has 1 rings (SSSR count). The molecule has 10 nitrogen and oxygen atoms in total. The molecule has 0 bridgehead atoms. The number of ether oxygens (including phenoxy) is 5. The standard InChI is InChI=1S/C16H22O10S/c1-7(17)22-6-12(23-8(2)18)15-13(24-9(3)19)14(25-10(4)20)16(27-15)26-11(5)21/h12-16H,6H2,1-5H3/t12-,13-,14-,15+,16+/m1/s1. The van der Waals surface area contributed by atoms with Crippen LogP contribution in [-0.2, 0) is 47.7 Å². The molecule has 1 heterocycles. The van der Waals surface area contributed by atoms with Gasteiger partial charge < -0.3 is 23.7 Å². The van der Waals surface area contributed by atoms with Crippen LogP contribution in [0.5, 0.6) is 0 Å². The van der Waals surface area contributed by atoms with Crippen molar-refractivity contribution in [2.75, 3.05) is 6.61 Å². The highest BCUT2D eigenvalue weighted by molar-refractivity contribution is 8.00. The van der Waals surface area contributed by atoms with Gasteiger partial charge in [0.25, 0.3) is 0 Å². The fraction of sp³-hybridized carbons (Fsp3) is 0.688. The molecule has 5 atom stereocenters. The maximum Gasteiger partial charge on any atom is 0.303 e. The molecule has 0 unspecified atom stereocenters. The fourth-order valence-electron chi connectivity index (χ4n) is 2.46. The molecule has 0 saturated carbocycles. The first kappa shape index (κ1) is 22.7. The number of hydrogen-bond donors (Lipinski definition) is 0. The van der Waals surface area contributed by atoms with Gasteiger partial charge in [-0.05, 0) is 0 Å². The van der Waals surface area contributed by atoms with Crippen LogP contribution in [-0.4, -0.2) is 65.5 Å². The zero-order valence-corrected chi connectivity index (χ0v) is 16.4. The summed E-state index contributed by atoms with van der Waals surface area (Å²) in [4.78, 5) is 57.0. The number of carbonyl (C=O) groups excluding carboxylic acids is 5. The van der Waals surface area contributed by atoms with E-state index in [1.54, 1.807) is 0 Å². The lowest BCUT2D eigenvalue weighted by Gasteiger charge is -2.28. The van der Waals surface area contributed by atoms with Crippen LogP contribution in [0.15, 0.2) is 0 Å². The summed E-state index contributed by atoms with van der Waals surface area (Å²) in [6.07, 6.45) is -3.25. The average Bonchev–Trinajstić information content (AvgIpc) is 2.79. The number of hydrogen-bond acceptors (Lipinski definition) is 11. The monoisotopic (exact) mass is 406 g/mol. The molecule has 27 heavy (non-hydrogen) atoms. The van der Waals surface area contributed by atoms with Crippen molar-refractivity contribution in [1.29, 1.82) is 0 Å². The Kier molecular flexibility index (Phi) is 8.54. The topological polar surface area (TPSA) is 132 Å². The number of rotatable bonds is 7. The summed E-state index contributed by atoms with van der Waals surface area (Å²) in [5.74, 6) is -3.27. The van der Waals surface area contributed by atoms with Crippen LogP contribution in [0, 0.1) is 0 Å². The van der Waals surface area contributed by atoms with Crippen LogP contribution < -0.4 is 0 Å². The van der Waals surface area contributed by atoms with Gasteiger partial charge in [-0.25, -0.2) is 0 Å². The van der Waals surface area contributed by atoms with Gasteiger partial charge in [0, 0.05) is 34.6 Å². The molecule has 152 valence electrons. The van der Waals surface area contributed by atoms with Crippen molar-refractivity contribution in [1.82, 2.24) is 0 Å². The Morgan fingerprint density at radius 3 is 1.70 bits per heavy atom. The Morgan fingerprint density at radius 2 is 1.26 bits per heavy atom. The van der Waals surface area contributed by atoms with E-state index in [0.717, 1.165) is 32.5 Å². The van der Waals surface area contributed by atoms with Crippen LogP contribution in [0.3, 0.4) is 0 Å². The summed E-state index contributed by atoms with van der Waals surface area (Å²) in [7, 11) is 0. The molecule has 0 aromatic rings. The summed E-state index contributed by atoms with van der Waals surface area (Å²) in [5, 5.41) is -0.814. The maximum atomic E-state index is 11.5. The predicted octanol–water partition coefficient (Wildman–Crippen LogP) is 0.349. The third-order valence-electron chi connectivity index (χ3n) is 3.23. The van der Waals surface area contributed by atoms with E-state index in [0.29, 0.717) is 0 Å². The number of esters is 5. The first-order chi connectivity index (χ1) is 12.5. The molecule has 0 radical (unpaired) electrons. The summed E-state index contributed by atoms with van der Waals surface area (Å²) in [5.41, 5.74) is -1.00. The predicted molar refractivity (Wildman–Crippen MR) is 90.2 cm³/mol. The third-order valence-corrected chi connectivity index (χ3v) is 4.75. The molecular formula is C16H22O10S. The second kappa shape index (κ2) is 10.1. The second-order valence-corrected chi connectivity index (χ2v) is 6.96. The van der Waals surface area contributed by atoms with Crippen LogP contribution in [0.25, 0.3) is 0 Å². The van der Waals surface area contributed by atoms with Crippen molar-refractivity contribution in [2.24, 2.45) is 0 Å². The van der Waals surface area contributed by atoms with Gasteiger partial charge in [0.1, 0.15) is 6.61 Å². The Bertz CT molecular complexity index is 604. The molecule has 0 N–H and O–H groups in total. The summed E-state index contributed by atoms with van der Waals surface area (Å²) < 4.78 is 25.7. The van der Waals surface area contributed by atoms with Gasteiger partial charge in [-0.15, -0.1) is 11.8 Å². The fourth-order valence-corrected chi connectivity index (χ4v) is 4.00. The van der Waals surface area contributed by atoms with Crippen LogP contribution >= 0.6 is 11.8 Å². The largest absolute Gasteiger partial charge is 0.462 e. The van der Waals surface area contributed by atoms with Crippen molar-refractivity contribution in [3.8, 4) is 0 Å². The molecule has 0 spiro atoms. The highest BCUT2D eigenvalue weighted by Crippen LogP contribution is 2.41. The molecule has 11 heteroatoms. The number of thioether (sulfide) groups is 1. The average molecular weight is 406 g/mol. The third kappa shape index (κ3) is 7.45. The van der Waals surface area contributed by atoms with E-state index >= 15 is 0 Å². The maximum absolute atomic E-state index is 11.5. The molecule has 0 aliphatic carbocycles. The lowest BCUT2D eigenvalue weighted by molar-refractivity contribution is -0.176. The number of carbonyl (C=O) groups is 5. The zero-order chi connectivity index (χ0) is 20.7. The minimum absolute atomic E-state index is 0.316. The highest BCUT2D eigenvalue weighted by atomic mass is 32.2. The Morgan fingerprint density at radius 1 is 0.741 bits per heavy atom. The Labute approximate surface area is 160 Å². The van der Waals surface area contributed by atoms with Gasteiger partial charge in [0.15, 0.2) is 23.7 Å². The van der Waals surface area contributed by atoms with E-state index in [2.05, 4.69) is 0 Å². The molecule has 1 saturated heterocycles. The van der Waals surface area contributed by atoms with Gasteiger partial charge >= 0.3 is 29.8 Å². The SMILES string of the molecule is CC(=O)OC[C@@H](OC(C)=O)[C@@H]1S[C@H](OC(C)=O)[C@H](OC(C)=O)[C@H]1OC(C)=O. The Hall–Kier alpha value is -2.30. The van der Waals surface area contributed by atoms with Gasteiger partial charge in [0.2, 0.25) is 0 Å². The van der Waals surface area contributed by atoms with Gasteiger partial charge in [-0.3, -0.25) is 24.0 Å². The van der Waals surface area contributed by atoms with Crippen LogP contribution in [0.2, 0.25) is 0 Å². The summed E-state index contributed by atoms with van der Waals surface area (Å²) >= 11 is 0.975. The van der Waals surface area contributed by atoms with E-state index in [-0.39, 0.29) is 6.61 Å². The zero-order valence-electron chi connectivity index (χ0n) is 15.6. The minimum Gasteiger partial charge on any atom is -0.462 e. The van der Waals surface area contributed by atoms with E-state index in [1.807, 2.05) is 0 Å². The minimum atomic E-state index is -1.12. The highest BCUT2D eigenvalue weighted by Gasteiger charge is 2.54. The summed E-state index contributed by atoms with van der Waals surface area (Å²) in [6, 6.07) is 0. The molecule has 1 aliphatic rings. The lowest BCUT2D eigenvalue weighted by atomic mass is 10.1. The van der Waals surface area contributed by atoms with E-state index in [1.165, 1.54) is 13.8 Å². The van der Waals surface area contributed by atoms with E-state index in [4.69, 9.17) is 23.7 Å². The Balaban J connectivity index is 3.20. The summed E-state index contributed by atoms with van der Waals surface area (Å²) in [6.45, 7) is 5.49. The van der Waals surface area contributed by atoms with Gasteiger partial charge in [-0.2, -0.15) is 0 Å². The smallest absolute Gasteiger partial charge is 0.303 e. The van der Waals surface area contributed by atoms with Gasteiger partial charge in [-0.1, -0.05) is 0 Å². The van der Waals surface area contributed by atoms with Crippen molar-refractivity contribution < 1.29 is 47.7 Å². The first-order valence-electron chi connectivity index (χ1n) is 7.99. The lowest BCUT2D eigenvalue weighted by Crippen LogP contribution is -2.46. The molecule has 1 aliphatic heterocycles.